The number of nitrogens with zero attached hydrogens (tertiary/aromatic N) is 3. The van der Waals surface area contributed by atoms with Crippen LogP contribution in [0, 0.1) is 19.7 Å². The van der Waals surface area contributed by atoms with Crippen molar-refractivity contribution in [2.24, 2.45) is 7.05 Å². The molecular weight excluding hydrogens is 536 g/mol. The van der Waals surface area contributed by atoms with Crippen molar-refractivity contribution in [3.63, 3.8) is 0 Å². The fraction of sp³-hybridized carbons (Fsp3) is 0.312. The predicted molar refractivity (Wildman–Crippen MR) is 166 cm³/mol. The van der Waals surface area contributed by atoms with Gasteiger partial charge >= 0.3 is 0 Å². The average Bonchev–Trinajstić information content (AvgIpc) is 3.29. The predicted octanol–water partition coefficient (Wildman–Crippen LogP) is 5.85. The van der Waals surface area contributed by atoms with Gasteiger partial charge in [0, 0.05) is 49.1 Å². The molecule has 0 atom stereocenters. The van der Waals surface area contributed by atoms with Crippen molar-refractivity contribution < 1.29 is 8.96 Å². The zero-order valence-electron chi connectivity index (χ0n) is 23.7. The number of imidazole rings is 1. The molecule has 2 aromatic heterocycles. The molecule has 0 unspecified atom stereocenters. The number of H-pyrrole nitrogens is 1. The Morgan fingerprint density at radius 2 is 1.80 bits per heavy atom. The molecule has 3 heterocycles. The smallest absolute Gasteiger partial charge is 0.258 e. The molecular formula is C32H35FN5O2P. The van der Waals surface area contributed by atoms with Gasteiger partial charge in [0.2, 0.25) is 5.95 Å². The van der Waals surface area contributed by atoms with Crippen molar-refractivity contribution >= 4 is 45.9 Å². The van der Waals surface area contributed by atoms with Crippen molar-refractivity contribution in [3.8, 4) is 0 Å². The molecule has 3 aromatic carbocycles. The number of anilines is 2. The molecule has 7 nitrogen and oxygen atoms in total. The summed E-state index contributed by atoms with van der Waals surface area (Å²) in [6.07, 6.45) is 3.13. The highest BCUT2D eigenvalue weighted by Crippen LogP contribution is 2.46. The number of aryl methyl sites for hydroxylation is 4. The van der Waals surface area contributed by atoms with Crippen LogP contribution in [0.2, 0.25) is 0 Å². The van der Waals surface area contributed by atoms with Gasteiger partial charge in [0.15, 0.2) is 0 Å². The monoisotopic (exact) mass is 571 g/mol. The quantitative estimate of drug-likeness (QED) is 0.240. The molecule has 1 fully saturated rings. The minimum Gasteiger partial charge on any atom is -0.325 e. The maximum atomic E-state index is 13.6. The molecule has 0 spiro atoms. The van der Waals surface area contributed by atoms with Crippen LogP contribution >= 0.6 is 7.14 Å². The molecule has 0 radical (unpaired) electrons. The van der Waals surface area contributed by atoms with Crippen LogP contribution < -0.4 is 16.2 Å². The van der Waals surface area contributed by atoms with Gasteiger partial charge in [-0.15, -0.1) is 0 Å². The largest absolute Gasteiger partial charge is 0.325 e. The van der Waals surface area contributed by atoms with E-state index in [4.69, 9.17) is 4.98 Å². The molecule has 0 amide bonds. The minimum atomic E-state index is -2.30. The van der Waals surface area contributed by atoms with E-state index in [0.29, 0.717) is 11.3 Å². The van der Waals surface area contributed by atoms with Gasteiger partial charge in [-0.25, -0.2) is 9.37 Å². The van der Waals surface area contributed by atoms with Crippen molar-refractivity contribution in [1.82, 2.24) is 19.4 Å². The third-order valence-corrected chi connectivity index (χ3v) is 11.6. The summed E-state index contributed by atoms with van der Waals surface area (Å²) >= 11 is 0. The molecule has 1 aliphatic heterocycles. The lowest BCUT2D eigenvalue weighted by Crippen LogP contribution is -2.37. The van der Waals surface area contributed by atoms with Gasteiger partial charge in [0.25, 0.3) is 5.56 Å². The standard InChI is InChI=1S/C32H35FN5O2P/c1-21-20-23(33)11-13-26(21)35-32-36-28-14-12-25-22(2)27(34-31(39)29(25)30(28)37(32)3)10-7-15-38-16-18-41(40,19-17-38)24-8-5-4-6-9-24/h4-6,8-9,11-14,20H,7,10,15-19H2,1-3H3,(H,34,39)(H,35,36). The minimum absolute atomic E-state index is 0.125. The SMILES string of the molecule is Cc1cc(F)ccc1Nc1nc2ccc3c(C)c(CCCN4CCP(=O)(c5ccccc5)CC4)[nH]c(=O)c3c2n1C. The van der Waals surface area contributed by atoms with Gasteiger partial charge in [-0.2, -0.15) is 0 Å². The second-order valence-corrected chi connectivity index (χ2v) is 14.3. The number of aromatic amines is 1. The van der Waals surface area contributed by atoms with Crippen molar-refractivity contribution in [2.75, 3.05) is 37.3 Å². The summed E-state index contributed by atoms with van der Waals surface area (Å²) in [4.78, 5) is 23.7. The second kappa shape index (κ2) is 10.9. The van der Waals surface area contributed by atoms with Crippen molar-refractivity contribution in [2.45, 2.75) is 26.7 Å². The van der Waals surface area contributed by atoms with Gasteiger partial charge in [0.05, 0.1) is 16.4 Å². The Labute approximate surface area is 238 Å². The maximum absolute atomic E-state index is 13.6. The van der Waals surface area contributed by atoms with Crippen LogP contribution in [-0.2, 0) is 18.0 Å². The summed E-state index contributed by atoms with van der Waals surface area (Å²) < 4.78 is 28.9. The average molecular weight is 572 g/mol. The third-order valence-electron chi connectivity index (χ3n) is 8.50. The van der Waals surface area contributed by atoms with E-state index >= 15 is 0 Å². The first-order valence-electron chi connectivity index (χ1n) is 14.1. The van der Waals surface area contributed by atoms with Crippen LogP contribution in [0.15, 0.2) is 65.5 Å². The first kappa shape index (κ1) is 27.4. The van der Waals surface area contributed by atoms with E-state index in [1.165, 1.54) is 12.1 Å². The lowest BCUT2D eigenvalue weighted by molar-refractivity contribution is 0.292. The number of hydrogen-bond acceptors (Lipinski definition) is 5. The van der Waals surface area contributed by atoms with E-state index < -0.39 is 7.14 Å². The summed E-state index contributed by atoms with van der Waals surface area (Å²) in [7, 11) is -0.415. The maximum Gasteiger partial charge on any atom is 0.258 e. The number of benzene rings is 3. The normalized spacial score (nSPS) is 15.5. The Morgan fingerprint density at radius 1 is 1.05 bits per heavy atom. The second-order valence-electron chi connectivity index (χ2n) is 11.1. The lowest BCUT2D eigenvalue weighted by atomic mass is 10.0. The lowest BCUT2D eigenvalue weighted by Gasteiger charge is -2.32. The fourth-order valence-electron chi connectivity index (χ4n) is 6.04. The highest BCUT2D eigenvalue weighted by molar-refractivity contribution is 7.71. The molecule has 1 saturated heterocycles. The molecule has 212 valence electrons. The molecule has 0 saturated carbocycles. The Hall–Kier alpha value is -3.74. The van der Waals surface area contributed by atoms with E-state index in [1.54, 1.807) is 6.07 Å². The van der Waals surface area contributed by atoms with E-state index in [0.717, 1.165) is 89.0 Å². The van der Waals surface area contributed by atoms with Crippen molar-refractivity contribution in [3.05, 3.63) is 93.7 Å². The number of hydrogen-bond donors (Lipinski definition) is 2. The summed E-state index contributed by atoms with van der Waals surface area (Å²) in [6.45, 7) is 6.49. The van der Waals surface area contributed by atoms with Gasteiger partial charge in [0.1, 0.15) is 13.0 Å². The first-order valence-corrected chi connectivity index (χ1v) is 16.2. The molecule has 9 heteroatoms. The van der Waals surface area contributed by atoms with Crippen LogP contribution in [0.4, 0.5) is 16.0 Å². The Kier molecular flexibility index (Phi) is 7.30. The molecule has 0 aliphatic carbocycles. The topological polar surface area (TPSA) is 83.0 Å². The number of halogens is 1. The van der Waals surface area contributed by atoms with E-state index in [9.17, 15) is 13.8 Å². The fourth-order valence-corrected chi connectivity index (χ4v) is 8.71. The number of aromatic nitrogens is 3. The zero-order chi connectivity index (χ0) is 28.7. The zero-order valence-corrected chi connectivity index (χ0v) is 24.6. The van der Waals surface area contributed by atoms with Crippen LogP contribution in [0.1, 0.15) is 23.2 Å². The van der Waals surface area contributed by atoms with Crippen LogP contribution in [-0.4, -0.2) is 51.4 Å². The Bertz CT molecular complexity index is 1850. The van der Waals surface area contributed by atoms with E-state index in [1.807, 2.05) is 61.0 Å². The van der Waals surface area contributed by atoms with Crippen molar-refractivity contribution in [1.29, 1.82) is 0 Å². The number of fused-ring (bicyclic) bond motifs is 3. The summed E-state index contributed by atoms with van der Waals surface area (Å²) in [6, 6.07) is 18.4. The number of rotatable bonds is 7. The van der Waals surface area contributed by atoms with Gasteiger partial charge < -0.3 is 24.3 Å². The molecule has 2 N–H and O–H groups in total. The summed E-state index contributed by atoms with van der Waals surface area (Å²) in [5, 5.41) is 5.83. The number of pyridine rings is 1. The molecule has 5 aromatic rings. The van der Waals surface area contributed by atoms with E-state index in [-0.39, 0.29) is 11.4 Å². The third kappa shape index (κ3) is 5.22. The molecule has 0 bridgehead atoms. The molecule has 1 aliphatic rings. The molecule has 6 rings (SSSR count). The Morgan fingerprint density at radius 3 is 2.54 bits per heavy atom. The van der Waals surface area contributed by atoms with Gasteiger partial charge in [-0.3, -0.25) is 4.79 Å². The van der Waals surface area contributed by atoms with Gasteiger partial charge in [-0.1, -0.05) is 36.4 Å². The highest BCUT2D eigenvalue weighted by Gasteiger charge is 2.30. The summed E-state index contributed by atoms with van der Waals surface area (Å²) in [5.41, 5.74) is 4.92. The van der Waals surface area contributed by atoms with Gasteiger partial charge in [-0.05, 0) is 74.0 Å². The van der Waals surface area contributed by atoms with Crippen LogP contribution in [0.3, 0.4) is 0 Å². The number of nitrogens with one attached hydrogen (secondary N) is 2. The van der Waals surface area contributed by atoms with Crippen LogP contribution in [0.25, 0.3) is 21.8 Å². The summed E-state index contributed by atoms with van der Waals surface area (Å²) in [5.74, 6) is 0.299. The Balaban J connectivity index is 1.19. The van der Waals surface area contributed by atoms with E-state index in [2.05, 4.69) is 22.1 Å². The first-order chi connectivity index (χ1) is 19.7. The van der Waals surface area contributed by atoms with Crippen LogP contribution in [0.5, 0.6) is 0 Å². The molecule has 41 heavy (non-hydrogen) atoms. The highest BCUT2D eigenvalue weighted by atomic mass is 31.2.